The van der Waals surface area contributed by atoms with Crippen LogP contribution in [-0.4, -0.2) is 4.98 Å². The highest BCUT2D eigenvalue weighted by Gasteiger charge is 2.15. The summed E-state index contributed by atoms with van der Waals surface area (Å²) in [6, 6.07) is 22.5. The molecule has 1 aromatic heterocycles. The lowest BCUT2D eigenvalue weighted by atomic mass is 9.91. The molecule has 0 atom stereocenters. The Balaban J connectivity index is 2.23. The van der Waals surface area contributed by atoms with E-state index in [2.05, 4.69) is 29.2 Å². The van der Waals surface area contributed by atoms with Gasteiger partial charge in [-0.25, -0.2) is 0 Å². The van der Waals surface area contributed by atoms with Crippen LogP contribution in [0.15, 0.2) is 72.9 Å². The average Bonchev–Trinajstić information content (AvgIpc) is 2.61. The number of hydrogen-bond donors (Lipinski definition) is 2. The Bertz CT molecular complexity index is 991. The van der Waals surface area contributed by atoms with E-state index in [1.54, 1.807) is 0 Å². The van der Waals surface area contributed by atoms with E-state index in [9.17, 15) is 0 Å². The summed E-state index contributed by atoms with van der Waals surface area (Å²) in [5.74, 6) is 0. The fourth-order valence-corrected chi connectivity index (χ4v) is 3.16. The predicted octanol–water partition coefficient (Wildman–Crippen LogP) is 3.97. The van der Waals surface area contributed by atoms with Crippen molar-refractivity contribution in [3.8, 4) is 11.1 Å². The molecule has 0 radical (unpaired) electrons. The lowest BCUT2D eigenvalue weighted by molar-refractivity contribution is 0.777. The summed E-state index contributed by atoms with van der Waals surface area (Å²) >= 11 is 0. The molecule has 0 saturated carbocycles. The quantitative estimate of drug-likeness (QED) is 0.435. The van der Waals surface area contributed by atoms with Gasteiger partial charge in [-0.3, -0.25) is 4.98 Å². The number of hydrogen-bond acceptors (Lipinski definition) is 3. The third kappa shape index (κ3) is 2.27. The molecule has 3 heteroatoms. The fourth-order valence-electron chi connectivity index (χ4n) is 3.16. The van der Waals surface area contributed by atoms with E-state index in [4.69, 9.17) is 11.5 Å². The van der Waals surface area contributed by atoms with Crippen molar-refractivity contribution in [1.82, 2.24) is 4.98 Å². The van der Waals surface area contributed by atoms with Gasteiger partial charge in [0.25, 0.3) is 0 Å². The van der Waals surface area contributed by atoms with Crippen LogP contribution in [-0.2, 0) is 0 Å². The van der Waals surface area contributed by atoms with E-state index in [0.717, 1.165) is 33.0 Å². The maximum atomic E-state index is 6.04. The lowest BCUT2D eigenvalue weighted by Gasteiger charge is -2.17. The van der Waals surface area contributed by atoms with Crippen molar-refractivity contribution in [2.75, 3.05) is 0 Å². The van der Waals surface area contributed by atoms with Gasteiger partial charge >= 0.3 is 0 Å². The first-order valence-corrected chi connectivity index (χ1v) is 7.62. The molecule has 0 spiro atoms. The van der Waals surface area contributed by atoms with Crippen LogP contribution in [0.4, 0.5) is 0 Å². The molecule has 0 amide bonds. The zero-order valence-corrected chi connectivity index (χ0v) is 12.6. The molecular weight excluding hydrogens is 282 g/mol. The van der Waals surface area contributed by atoms with Crippen LogP contribution in [0.25, 0.3) is 32.8 Å². The van der Waals surface area contributed by atoms with E-state index >= 15 is 0 Å². The molecular formula is C20H17N3. The fraction of sp³-hybridized carbons (Fsp3) is 0.0500. The van der Waals surface area contributed by atoms with Gasteiger partial charge in [-0.1, -0.05) is 60.7 Å². The number of pyridine rings is 1. The summed E-state index contributed by atoms with van der Waals surface area (Å²) in [5.41, 5.74) is 16.1. The molecule has 23 heavy (non-hydrogen) atoms. The summed E-state index contributed by atoms with van der Waals surface area (Å²) in [5, 5.41) is 3.38. The summed E-state index contributed by atoms with van der Waals surface area (Å²) in [6.45, 7) is 0. The number of fused-ring (bicyclic) bond motifs is 3. The Kier molecular flexibility index (Phi) is 3.30. The molecule has 0 aliphatic heterocycles. The van der Waals surface area contributed by atoms with E-state index in [1.807, 2.05) is 48.7 Å². The number of nitrogens with two attached hydrogens (primary N) is 2. The zero-order chi connectivity index (χ0) is 15.8. The Labute approximate surface area is 134 Å². The van der Waals surface area contributed by atoms with Gasteiger partial charge in [-0.05, 0) is 28.1 Å². The molecule has 0 bridgehead atoms. The zero-order valence-electron chi connectivity index (χ0n) is 12.6. The summed E-state index contributed by atoms with van der Waals surface area (Å²) in [6.07, 6.45) is 1.38. The maximum Gasteiger partial charge on any atom is 0.0790 e. The average molecular weight is 299 g/mol. The van der Waals surface area contributed by atoms with Gasteiger partial charge in [-0.15, -0.1) is 0 Å². The van der Waals surface area contributed by atoms with E-state index in [0.29, 0.717) is 0 Å². The van der Waals surface area contributed by atoms with Crippen molar-refractivity contribution in [3.05, 3.63) is 78.5 Å². The van der Waals surface area contributed by atoms with Crippen LogP contribution in [0.2, 0.25) is 0 Å². The molecule has 4 aromatic rings. The largest absolute Gasteiger partial charge is 0.312 e. The smallest absolute Gasteiger partial charge is 0.0790 e. The highest BCUT2D eigenvalue weighted by atomic mass is 14.8. The number of rotatable bonds is 2. The van der Waals surface area contributed by atoms with Crippen LogP contribution in [0.1, 0.15) is 11.7 Å². The lowest BCUT2D eigenvalue weighted by Crippen LogP contribution is -2.21. The second kappa shape index (κ2) is 5.47. The van der Waals surface area contributed by atoms with Gasteiger partial charge in [0.05, 0.1) is 11.7 Å². The number of benzene rings is 3. The van der Waals surface area contributed by atoms with Crippen molar-refractivity contribution in [2.45, 2.75) is 6.17 Å². The van der Waals surface area contributed by atoms with E-state index in [1.165, 1.54) is 5.39 Å². The minimum absolute atomic E-state index is 0.534. The summed E-state index contributed by atoms with van der Waals surface area (Å²) < 4.78 is 0. The van der Waals surface area contributed by atoms with Crippen molar-refractivity contribution in [3.63, 3.8) is 0 Å². The third-order valence-electron chi connectivity index (χ3n) is 4.21. The minimum atomic E-state index is -0.534. The van der Waals surface area contributed by atoms with Crippen molar-refractivity contribution in [1.29, 1.82) is 0 Å². The van der Waals surface area contributed by atoms with Crippen LogP contribution in [0.5, 0.6) is 0 Å². The molecule has 112 valence electrons. The second-order valence-corrected chi connectivity index (χ2v) is 5.66. The Hall–Kier alpha value is -2.75. The molecule has 0 saturated heterocycles. The van der Waals surface area contributed by atoms with E-state index < -0.39 is 6.17 Å². The van der Waals surface area contributed by atoms with Crippen LogP contribution >= 0.6 is 0 Å². The SMILES string of the molecule is NC(N)c1ccc2ncc3ccccc3c2c1-c1ccccc1. The Morgan fingerprint density at radius 3 is 2.30 bits per heavy atom. The molecule has 4 rings (SSSR count). The van der Waals surface area contributed by atoms with Crippen molar-refractivity contribution >= 4 is 21.7 Å². The van der Waals surface area contributed by atoms with Gasteiger partial charge in [0.1, 0.15) is 0 Å². The molecule has 0 aliphatic rings. The highest BCUT2D eigenvalue weighted by molar-refractivity contribution is 6.13. The first kappa shape index (κ1) is 13.9. The van der Waals surface area contributed by atoms with Gasteiger partial charge in [0.15, 0.2) is 0 Å². The maximum absolute atomic E-state index is 6.04. The van der Waals surface area contributed by atoms with Crippen LogP contribution in [0.3, 0.4) is 0 Å². The van der Waals surface area contributed by atoms with Crippen LogP contribution < -0.4 is 11.5 Å². The van der Waals surface area contributed by atoms with Crippen LogP contribution in [0, 0.1) is 0 Å². The third-order valence-corrected chi connectivity index (χ3v) is 4.21. The topological polar surface area (TPSA) is 64.9 Å². The Morgan fingerprint density at radius 2 is 1.52 bits per heavy atom. The number of aromatic nitrogens is 1. The normalized spacial score (nSPS) is 11.4. The van der Waals surface area contributed by atoms with Gasteiger partial charge in [-0.2, -0.15) is 0 Å². The predicted molar refractivity (Wildman–Crippen MR) is 95.8 cm³/mol. The molecule has 0 unspecified atom stereocenters. The molecule has 3 nitrogen and oxygen atoms in total. The van der Waals surface area contributed by atoms with Gasteiger partial charge in [0.2, 0.25) is 0 Å². The monoisotopic (exact) mass is 299 g/mol. The summed E-state index contributed by atoms with van der Waals surface area (Å²) in [4.78, 5) is 4.61. The molecule has 0 fully saturated rings. The molecule has 4 N–H and O–H groups in total. The molecule has 0 aliphatic carbocycles. The molecule has 3 aromatic carbocycles. The van der Waals surface area contributed by atoms with Gasteiger partial charge in [0, 0.05) is 17.0 Å². The highest BCUT2D eigenvalue weighted by Crippen LogP contribution is 2.37. The first-order chi connectivity index (χ1) is 11.3. The van der Waals surface area contributed by atoms with Crippen molar-refractivity contribution in [2.24, 2.45) is 11.5 Å². The minimum Gasteiger partial charge on any atom is -0.312 e. The van der Waals surface area contributed by atoms with E-state index in [-0.39, 0.29) is 0 Å². The standard InChI is InChI=1S/C20H17N3/c21-20(22)16-10-11-17-19(18(16)13-6-2-1-3-7-13)15-9-5-4-8-14(15)12-23-17/h1-12,20H,21-22H2. The molecule has 1 heterocycles. The second-order valence-electron chi connectivity index (χ2n) is 5.66. The van der Waals surface area contributed by atoms with Gasteiger partial charge < -0.3 is 11.5 Å². The Morgan fingerprint density at radius 1 is 0.783 bits per heavy atom. The summed E-state index contributed by atoms with van der Waals surface area (Å²) in [7, 11) is 0. The van der Waals surface area contributed by atoms with Crippen molar-refractivity contribution < 1.29 is 0 Å². The first-order valence-electron chi connectivity index (χ1n) is 7.62. The number of nitrogens with zero attached hydrogens (tertiary/aromatic N) is 1.